The summed E-state index contributed by atoms with van der Waals surface area (Å²) < 4.78 is 13.2. The number of rotatable bonds is 8. The molecule has 2 aromatic carbocycles. The Bertz CT molecular complexity index is 1270. The van der Waals surface area contributed by atoms with Crippen LogP contribution in [0.15, 0.2) is 91.3 Å². The first-order chi connectivity index (χ1) is 17.2. The van der Waals surface area contributed by atoms with Crippen LogP contribution in [0.3, 0.4) is 0 Å². The van der Waals surface area contributed by atoms with Gasteiger partial charge in [0.15, 0.2) is 5.11 Å². The van der Waals surface area contributed by atoms with Crippen LogP contribution in [0.4, 0.5) is 0 Å². The van der Waals surface area contributed by atoms with E-state index in [1.54, 1.807) is 7.11 Å². The summed E-state index contributed by atoms with van der Waals surface area (Å²) in [5.41, 5.74) is 4.30. The van der Waals surface area contributed by atoms with Gasteiger partial charge in [-0.1, -0.05) is 18.2 Å². The molecule has 0 bridgehead atoms. The number of aromatic nitrogens is 2. The maximum absolute atomic E-state index is 5.86. The number of hydrogen-bond donors (Lipinski definition) is 1. The van der Waals surface area contributed by atoms with Gasteiger partial charge in [-0.3, -0.25) is 4.98 Å². The third kappa shape index (κ3) is 4.72. The molecule has 7 heteroatoms. The number of hydrogen-bond acceptors (Lipinski definition) is 4. The number of pyridine rings is 1. The molecule has 4 aromatic rings. The predicted octanol–water partition coefficient (Wildman–Crippen LogP) is 5.45. The molecule has 5 rings (SSSR count). The quantitative estimate of drug-likeness (QED) is 0.336. The lowest BCUT2D eigenvalue weighted by Crippen LogP contribution is -2.30. The molecule has 3 heterocycles. The zero-order valence-corrected chi connectivity index (χ0v) is 20.6. The average Bonchev–Trinajstić information content (AvgIpc) is 3.50. The van der Waals surface area contributed by atoms with Crippen LogP contribution in [0, 0.1) is 0 Å². The Kier molecular flexibility index (Phi) is 6.68. The Morgan fingerprint density at radius 3 is 2.40 bits per heavy atom. The summed E-state index contributed by atoms with van der Waals surface area (Å²) in [4.78, 5) is 6.91. The van der Waals surface area contributed by atoms with E-state index in [4.69, 9.17) is 21.7 Å². The molecule has 0 saturated carbocycles. The fourth-order valence-corrected chi connectivity index (χ4v) is 4.87. The lowest BCUT2D eigenvalue weighted by Gasteiger charge is -2.29. The van der Waals surface area contributed by atoms with Gasteiger partial charge >= 0.3 is 0 Å². The van der Waals surface area contributed by atoms with Crippen LogP contribution in [0.2, 0.25) is 0 Å². The molecule has 1 fully saturated rings. The highest BCUT2D eigenvalue weighted by atomic mass is 32.1. The van der Waals surface area contributed by atoms with Crippen LogP contribution in [0.1, 0.15) is 36.0 Å². The molecule has 0 amide bonds. The number of nitrogens with one attached hydrogen (secondary N) is 1. The van der Waals surface area contributed by atoms with E-state index in [1.165, 1.54) is 0 Å². The summed E-state index contributed by atoms with van der Waals surface area (Å²) in [7, 11) is 1.68. The Labute approximate surface area is 211 Å². The van der Waals surface area contributed by atoms with E-state index in [0.717, 1.165) is 34.1 Å². The van der Waals surface area contributed by atoms with E-state index in [0.29, 0.717) is 18.3 Å². The second-order valence-corrected chi connectivity index (χ2v) is 8.72. The first-order valence-electron chi connectivity index (χ1n) is 11.7. The van der Waals surface area contributed by atoms with Crippen molar-refractivity contribution in [3.63, 3.8) is 0 Å². The van der Waals surface area contributed by atoms with Crippen molar-refractivity contribution in [2.75, 3.05) is 13.7 Å². The maximum Gasteiger partial charge on any atom is 0.170 e. The number of nitrogens with zero attached hydrogens (tertiary/aromatic N) is 3. The van der Waals surface area contributed by atoms with Gasteiger partial charge in [0, 0.05) is 30.3 Å². The van der Waals surface area contributed by atoms with Gasteiger partial charge in [-0.25, -0.2) is 0 Å². The van der Waals surface area contributed by atoms with Gasteiger partial charge in [-0.2, -0.15) is 0 Å². The second kappa shape index (κ2) is 10.2. The Morgan fingerprint density at radius 1 is 0.943 bits per heavy atom. The minimum Gasteiger partial charge on any atom is -0.497 e. The molecule has 2 unspecified atom stereocenters. The van der Waals surface area contributed by atoms with E-state index < -0.39 is 0 Å². The summed E-state index contributed by atoms with van der Waals surface area (Å²) in [6.45, 7) is 3.30. The third-order valence-corrected chi connectivity index (χ3v) is 6.57. The summed E-state index contributed by atoms with van der Waals surface area (Å²) in [5.74, 6) is 1.70. The van der Waals surface area contributed by atoms with Crippen LogP contribution in [-0.2, 0) is 6.54 Å². The third-order valence-electron chi connectivity index (χ3n) is 6.22. The number of thiocarbonyl (C=S) groups is 1. The van der Waals surface area contributed by atoms with Crippen molar-refractivity contribution in [2.24, 2.45) is 0 Å². The highest BCUT2D eigenvalue weighted by Crippen LogP contribution is 2.40. The van der Waals surface area contributed by atoms with Gasteiger partial charge in [0.25, 0.3) is 0 Å². The smallest absolute Gasteiger partial charge is 0.170 e. The fraction of sp³-hybridized carbons (Fsp3) is 0.214. The monoisotopic (exact) mass is 484 g/mol. The van der Waals surface area contributed by atoms with E-state index in [2.05, 4.69) is 62.4 Å². The number of methoxy groups -OCH3 is 1. The molecule has 1 aliphatic rings. The molecule has 178 valence electrons. The average molecular weight is 485 g/mol. The van der Waals surface area contributed by atoms with Crippen LogP contribution in [-0.4, -0.2) is 33.3 Å². The highest BCUT2D eigenvalue weighted by molar-refractivity contribution is 7.80. The van der Waals surface area contributed by atoms with Crippen LogP contribution < -0.4 is 14.8 Å². The van der Waals surface area contributed by atoms with Crippen molar-refractivity contribution >= 4 is 17.3 Å². The molecule has 2 aromatic heterocycles. The van der Waals surface area contributed by atoms with Crippen LogP contribution >= 0.6 is 12.2 Å². The number of benzene rings is 2. The molecule has 35 heavy (non-hydrogen) atoms. The Balaban J connectivity index is 1.54. The topological polar surface area (TPSA) is 51.5 Å². The Morgan fingerprint density at radius 2 is 1.71 bits per heavy atom. The van der Waals surface area contributed by atoms with Crippen molar-refractivity contribution in [2.45, 2.75) is 25.6 Å². The predicted molar refractivity (Wildman–Crippen MR) is 141 cm³/mol. The highest BCUT2D eigenvalue weighted by Gasteiger charge is 2.41. The maximum atomic E-state index is 5.86. The molecular formula is C28H28N4O2S. The lowest BCUT2D eigenvalue weighted by molar-refractivity contribution is 0.302. The summed E-state index contributed by atoms with van der Waals surface area (Å²) >= 11 is 5.86. The standard InChI is InChI=1S/C28H28N4O2S/c1-3-34-23-15-11-21(12-16-23)31-18-6-8-25(31)27-26(24-7-4-5-17-29-24)30-28(35)32(27)19-20-9-13-22(33-2)14-10-20/h4-18,26-27H,3,19H2,1-2H3,(H,30,35). The minimum atomic E-state index is -0.0849. The molecule has 2 atom stereocenters. The molecule has 1 saturated heterocycles. The van der Waals surface area contributed by atoms with Gasteiger partial charge in [0.2, 0.25) is 0 Å². The van der Waals surface area contributed by atoms with Crippen molar-refractivity contribution in [1.29, 1.82) is 0 Å². The fourth-order valence-electron chi connectivity index (χ4n) is 4.56. The number of ether oxygens (including phenoxy) is 2. The Hall–Kier alpha value is -3.84. The minimum absolute atomic E-state index is 0.0546. The first-order valence-corrected chi connectivity index (χ1v) is 12.1. The normalized spacial score (nSPS) is 17.3. The van der Waals surface area contributed by atoms with E-state index >= 15 is 0 Å². The molecule has 0 radical (unpaired) electrons. The molecule has 0 aliphatic carbocycles. The van der Waals surface area contributed by atoms with Gasteiger partial charge in [0.1, 0.15) is 11.5 Å². The molecule has 1 aliphatic heterocycles. The van der Waals surface area contributed by atoms with Gasteiger partial charge in [0.05, 0.1) is 31.5 Å². The summed E-state index contributed by atoms with van der Waals surface area (Å²) in [6, 6.07) is 26.4. The second-order valence-electron chi connectivity index (χ2n) is 8.33. The van der Waals surface area contributed by atoms with Crippen molar-refractivity contribution in [3.8, 4) is 17.2 Å². The van der Waals surface area contributed by atoms with Crippen molar-refractivity contribution in [3.05, 3.63) is 108 Å². The van der Waals surface area contributed by atoms with Crippen molar-refractivity contribution in [1.82, 2.24) is 19.8 Å². The summed E-state index contributed by atoms with van der Waals surface area (Å²) in [5, 5.41) is 4.25. The van der Waals surface area contributed by atoms with Gasteiger partial charge in [-0.05, 0) is 85.4 Å². The first kappa shape index (κ1) is 22.9. The van der Waals surface area contributed by atoms with Crippen molar-refractivity contribution < 1.29 is 9.47 Å². The van der Waals surface area contributed by atoms with Crippen LogP contribution in [0.25, 0.3) is 5.69 Å². The zero-order valence-electron chi connectivity index (χ0n) is 19.8. The molecule has 6 nitrogen and oxygen atoms in total. The van der Waals surface area contributed by atoms with E-state index in [9.17, 15) is 0 Å². The van der Waals surface area contributed by atoms with E-state index in [1.807, 2.05) is 55.6 Å². The molecular weight excluding hydrogens is 456 g/mol. The summed E-state index contributed by atoms with van der Waals surface area (Å²) in [6.07, 6.45) is 3.92. The SMILES string of the molecule is CCOc1ccc(-n2cccc2C2C(c3ccccn3)NC(=S)N2Cc2ccc(OC)cc2)cc1. The van der Waals surface area contributed by atoms with Gasteiger partial charge in [-0.15, -0.1) is 0 Å². The molecule has 0 spiro atoms. The van der Waals surface area contributed by atoms with Gasteiger partial charge < -0.3 is 24.3 Å². The molecule has 1 N–H and O–H groups in total. The van der Waals surface area contributed by atoms with Crippen LogP contribution in [0.5, 0.6) is 11.5 Å². The lowest BCUT2D eigenvalue weighted by atomic mass is 10.0. The van der Waals surface area contributed by atoms with E-state index in [-0.39, 0.29) is 12.1 Å². The zero-order chi connectivity index (χ0) is 24.2. The largest absolute Gasteiger partial charge is 0.497 e.